The van der Waals surface area contributed by atoms with Gasteiger partial charge in [-0.05, 0) is 51.4 Å². The van der Waals surface area contributed by atoms with Crippen LogP contribution < -0.4 is 10.6 Å². The van der Waals surface area contributed by atoms with Gasteiger partial charge in [-0.3, -0.25) is 19.2 Å². The number of unbranched alkanes of at least 4 members (excludes halogenated alkanes) is 4. The topological polar surface area (TPSA) is 305 Å². The van der Waals surface area contributed by atoms with E-state index < -0.39 is 12.0 Å². The summed E-state index contributed by atoms with van der Waals surface area (Å²) in [6.45, 7) is 30.2. The van der Waals surface area contributed by atoms with Gasteiger partial charge in [0.1, 0.15) is 5.78 Å². The number of hydrogen-bond donors (Lipinski definition) is 2. The van der Waals surface area contributed by atoms with Crippen molar-refractivity contribution in [1.82, 2.24) is 10.6 Å². The van der Waals surface area contributed by atoms with Crippen LogP contribution in [-0.2, 0) is 128 Å². The summed E-state index contributed by atoms with van der Waals surface area (Å²) in [4.78, 5) is 49.8. The van der Waals surface area contributed by atoms with Gasteiger partial charge in [0.2, 0.25) is 11.8 Å². The molecule has 98 heavy (non-hydrogen) atoms. The molecule has 2 atom stereocenters. The smallest absolute Gasteiger partial charge is 0.222 e. The fraction of sp³-hybridized carbons (Fsp3) is 0.942. The molecule has 0 saturated carbocycles. The zero-order valence-corrected chi connectivity index (χ0v) is 61.1. The summed E-state index contributed by atoms with van der Waals surface area (Å²) in [5.74, 6) is -0.856. The zero-order chi connectivity index (χ0) is 71.0. The van der Waals surface area contributed by atoms with Crippen molar-refractivity contribution in [3.8, 4) is 0 Å². The van der Waals surface area contributed by atoms with Gasteiger partial charge in [-0.25, -0.2) is 0 Å². The molecule has 2 N–H and O–H groups in total. The minimum atomic E-state index is -0.597. The highest BCUT2D eigenvalue weighted by atomic mass is 16.6. The quantitative estimate of drug-likeness (QED) is 0.0800. The molecule has 0 aromatic heterocycles. The summed E-state index contributed by atoms with van der Waals surface area (Å²) in [5, 5.41) is 5.75. The highest BCUT2D eigenvalue weighted by molar-refractivity contribution is 5.92. The van der Waals surface area contributed by atoms with Crippen LogP contribution in [0.15, 0.2) is 0 Å². The lowest BCUT2D eigenvalue weighted by Crippen LogP contribution is -2.45. The number of methoxy groups -OCH3 is 1. The van der Waals surface area contributed by atoms with Crippen LogP contribution in [0, 0.1) is 11.8 Å². The first-order valence-electron chi connectivity index (χ1n) is 36.0. The number of carbonyl (C=O) groups excluding carboxylic acids is 4. The molecule has 0 aliphatic carbocycles. The second-order valence-corrected chi connectivity index (χ2v) is 22.5. The van der Waals surface area contributed by atoms with Crippen LogP contribution in [0.3, 0.4) is 0 Å². The maximum absolute atomic E-state index is 13.0. The molecule has 0 aromatic rings. The molecule has 0 spiro atoms. The molecule has 0 saturated heterocycles. The van der Waals surface area contributed by atoms with E-state index in [0.29, 0.717) is 323 Å². The fourth-order valence-electron chi connectivity index (χ4n) is 8.35. The van der Waals surface area contributed by atoms with Crippen LogP contribution in [0.4, 0.5) is 0 Å². The summed E-state index contributed by atoms with van der Waals surface area (Å²) in [6.07, 6.45) is 7.30. The lowest BCUT2D eigenvalue weighted by atomic mass is 9.87. The largest absolute Gasteiger partial charge is 0.382 e. The summed E-state index contributed by atoms with van der Waals surface area (Å²) in [7, 11) is 1.64. The minimum Gasteiger partial charge on any atom is -0.382 e. The maximum Gasteiger partial charge on any atom is 0.222 e. The van der Waals surface area contributed by atoms with Gasteiger partial charge in [0.25, 0.3) is 0 Å². The first-order valence-corrected chi connectivity index (χ1v) is 36.0. The SMILES string of the molecule is CCCCC(=O)N[C@H](C(=O)C[C@@H](CCCCNC(=O)CCOCCOCCOCCOCCOCCOCCCCCOCCOCCOCCOCCOCCOCCOCCOCCOCCOCCOCCOCCOCCOCCOCCOCCOC)C(C)=O)C(C)C. The predicted octanol–water partition coefficient (Wildman–Crippen LogP) is 4.34. The molecule has 582 valence electrons. The van der Waals surface area contributed by atoms with E-state index in [4.69, 9.17) is 109 Å². The Morgan fingerprint density at radius 3 is 0.816 bits per heavy atom. The molecule has 0 radical (unpaired) electrons. The Kier molecular flexibility index (Phi) is 79.5. The predicted molar refractivity (Wildman–Crippen MR) is 365 cm³/mol. The molecule has 0 aliphatic heterocycles. The first-order chi connectivity index (χ1) is 48.2. The molecular formula is C69H134N2O27. The summed E-state index contributed by atoms with van der Waals surface area (Å²) in [6, 6.07) is -0.597. The number of nitrogens with one attached hydrogen (secondary N) is 2. The van der Waals surface area contributed by atoms with Crippen molar-refractivity contribution in [3.63, 3.8) is 0 Å². The second kappa shape index (κ2) is 81.7. The molecule has 29 nitrogen and oxygen atoms in total. The Bertz CT molecular complexity index is 1650. The van der Waals surface area contributed by atoms with Gasteiger partial charge in [-0.15, -0.1) is 0 Å². The van der Waals surface area contributed by atoms with Gasteiger partial charge >= 0.3 is 0 Å². The van der Waals surface area contributed by atoms with Crippen molar-refractivity contribution in [3.05, 3.63) is 0 Å². The standard InChI is InChI=1S/C69H134N2O27/c1-6-7-14-68(75)71-69(63(2)3)66(73)62-65(64(4)72)13-9-10-16-70-67(74)15-19-79-24-27-83-32-35-87-40-38-85-33-30-81-25-22-77-17-11-8-12-18-78-23-26-82-31-34-86-39-41-89-44-45-91-48-49-93-52-53-95-56-57-97-60-61-98-59-58-96-55-54-94-51-50-92-47-46-90-43-42-88-37-36-84-29-28-80-21-20-76-5/h63,65,69H,6-62H2,1-5H3,(H,70,74)(H,71,75)/t65-,69+/m1/s1. The first kappa shape index (κ1) is 95.4. The molecule has 0 bridgehead atoms. The van der Waals surface area contributed by atoms with Crippen molar-refractivity contribution < 1.29 is 128 Å². The number of rotatable bonds is 86. The third-order valence-electron chi connectivity index (χ3n) is 13.8. The number of ketones is 2. The van der Waals surface area contributed by atoms with E-state index in [-0.39, 0.29) is 48.7 Å². The molecule has 29 heteroatoms. The van der Waals surface area contributed by atoms with Crippen LogP contribution in [-0.4, -0.2) is 340 Å². The van der Waals surface area contributed by atoms with E-state index in [1.165, 1.54) is 6.92 Å². The highest BCUT2D eigenvalue weighted by Crippen LogP contribution is 2.18. The summed E-state index contributed by atoms with van der Waals surface area (Å²) in [5.41, 5.74) is 0. The lowest BCUT2D eigenvalue weighted by molar-refractivity contribution is -0.131. The van der Waals surface area contributed by atoms with Gasteiger partial charge in [-0.2, -0.15) is 0 Å². The molecular weight excluding hydrogens is 1290 g/mol. The third kappa shape index (κ3) is 76.0. The highest BCUT2D eigenvalue weighted by Gasteiger charge is 2.28. The van der Waals surface area contributed by atoms with Gasteiger partial charge in [-0.1, -0.05) is 33.6 Å². The normalized spacial score (nSPS) is 12.3. The summed E-state index contributed by atoms with van der Waals surface area (Å²) < 4.78 is 126. The molecule has 2 amide bonds. The number of Topliss-reactive ketones (excluding diaryl/α,β-unsaturated/α-hetero) is 2. The molecule has 0 fully saturated rings. The van der Waals surface area contributed by atoms with Crippen molar-refractivity contribution in [1.29, 1.82) is 0 Å². The Balaban J connectivity index is 3.25. The van der Waals surface area contributed by atoms with Crippen LogP contribution in [0.25, 0.3) is 0 Å². The molecule has 0 aromatic carbocycles. The van der Waals surface area contributed by atoms with Crippen LogP contribution in [0.2, 0.25) is 0 Å². The zero-order valence-electron chi connectivity index (χ0n) is 61.1. The van der Waals surface area contributed by atoms with Crippen LogP contribution >= 0.6 is 0 Å². The fourth-order valence-corrected chi connectivity index (χ4v) is 8.35. The lowest BCUT2D eigenvalue weighted by Gasteiger charge is -2.23. The van der Waals surface area contributed by atoms with E-state index in [0.717, 1.165) is 32.1 Å². The van der Waals surface area contributed by atoms with Gasteiger partial charge in [0, 0.05) is 52.0 Å². The average molecular weight is 1420 g/mol. The van der Waals surface area contributed by atoms with E-state index in [9.17, 15) is 19.2 Å². The number of amides is 2. The Morgan fingerprint density at radius 1 is 0.296 bits per heavy atom. The van der Waals surface area contributed by atoms with Gasteiger partial charge in [0.05, 0.1) is 290 Å². The summed E-state index contributed by atoms with van der Waals surface area (Å²) >= 11 is 0. The van der Waals surface area contributed by atoms with Crippen molar-refractivity contribution >= 4 is 23.4 Å². The second-order valence-electron chi connectivity index (χ2n) is 22.5. The van der Waals surface area contributed by atoms with Gasteiger partial charge < -0.3 is 120 Å². The number of carbonyl (C=O) groups is 4. The van der Waals surface area contributed by atoms with E-state index >= 15 is 0 Å². The Labute approximate surface area is 587 Å². The number of hydrogen-bond acceptors (Lipinski definition) is 27. The van der Waals surface area contributed by atoms with Crippen LogP contribution in [0.1, 0.15) is 98.3 Å². The number of ether oxygens (including phenoxy) is 23. The van der Waals surface area contributed by atoms with E-state index in [1.54, 1.807) is 7.11 Å². The maximum atomic E-state index is 13.0. The molecule has 0 heterocycles. The Morgan fingerprint density at radius 2 is 0.561 bits per heavy atom. The van der Waals surface area contributed by atoms with E-state index in [1.807, 2.05) is 20.8 Å². The minimum absolute atomic E-state index is 0.0396. The molecule has 0 aliphatic rings. The van der Waals surface area contributed by atoms with Crippen molar-refractivity contribution in [2.24, 2.45) is 11.8 Å². The van der Waals surface area contributed by atoms with Gasteiger partial charge in [0.15, 0.2) is 5.78 Å². The Hall–Kier alpha value is -2.64. The van der Waals surface area contributed by atoms with Crippen molar-refractivity contribution in [2.45, 2.75) is 104 Å². The molecule has 0 rings (SSSR count). The monoisotopic (exact) mass is 1420 g/mol. The van der Waals surface area contributed by atoms with E-state index in [2.05, 4.69) is 10.6 Å². The van der Waals surface area contributed by atoms with Crippen molar-refractivity contribution in [2.75, 3.05) is 311 Å². The average Bonchev–Trinajstić information content (AvgIpc) is 0.944. The molecule has 0 unspecified atom stereocenters. The van der Waals surface area contributed by atoms with Crippen LogP contribution in [0.5, 0.6) is 0 Å². The third-order valence-corrected chi connectivity index (χ3v) is 13.8.